The second-order valence-electron chi connectivity index (χ2n) is 4.97. The molecule has 0 radical (unpaired) electrons. The summed E-state index contributed by atoms with van der Waals surface area (Å²) in [6, 6.07) is 18.3. The lowest BCUT2D eigenvalue weighted by Gasteiger charge is -2.23. The van der Waals surface area contributed by atoms with Crippen LogP contribution in [0.5, 0.6) is 5.75 Å². The molecule has 0 aliphatic rings. The maximum atomic E-state index is 6.35. The molecule has 3 heteroatoms. The van der Waals surface area contributed by atoms with Gasteiger partial charge >= 0.3 is 0 Å². The lowest BCUT2D eigenvalue weighted by molar-refractivity contribution is 0.414. The van der Waals surface area contributed by atoms with Gasteiger partial charge in [-0.05, 0) is 29.7 Å². The second-order valence-corrected chi connectivity index (χ2v) is 4.97. The molecule has 0 heterocycles. The van der Waals surface area contributed by atoms with Gasteiger partial charge in [0.2, 0.25) is 0 Å². The van der Waals surface area contributed by atoms with Crippen molar-refractivity contribution < 1.29 is 4.74 Å². The van der Waals surface area contributed by atoms with Gasteiger partial charge in [-0.3, -0.25) is 0 Å². The molecule has 0 saturated carbocycles. The van der Waals surface area contributed by atoms with Crippen LogP contribution >= 0.6 is 0 Å². The Morgan fingerprint density at radius 2 is 1.65 bits per heavy atom. The average Bonchev–Trinajstić information content (AvgIpc) is 2.49. The first-order valence-corrected chi connectivity index (χ1v) is 6.88. The SMILES string of the molecule is COc1ccc(C(CN)C(N)Cc2ccccc2)cc1. The first-order valence-electron chi connectivity index (χ1n) is 6.88. The lowest BCUT2D eigenvalue weighted by atomic mass is 9.88. The van der Waals surface area contributed by atoms with Crippen LogP contribution in [0.25, 0.3) is 0 Å². The monoisotopic (exact) mass is 270 g/mol. The maximum Gasteiger partial charge on any atom is 0.118 e. The number of hydrogen-bond acceptors (Lipinski definition) is 3. The van der Waals surface area contributed by atoms with Crippen LogP contribution in [0.15, 0.2) is 54.6 Å². The van der Waals surface area contributed by atoms with E-state index in [1.165, 1.54) is 5.56 Å². The van der Waals surface area contributed by atoms with E-state index in [4.69, 9.17) is 16.2 Å². The molecule has 4 N–H and O–H groups in total. The Morgan fingerprint density at radius 1 is 1.00 bits per heavy atom. The van der Waals surface area contributed by atoms with Crippen molar-refractivity contribution in [1.82, 2.24) is 0 Å². The zero-order valence-electron chi connectivity index (χ0n) is 11.8. The minimum atomic E-state index is 0.01000. The van der Waals surface area contributed by atoms with Gasteiger partial charge in [-0.1, -0.05) is 42.5 Å². The van der Waals surface area contributed by atoms with Gasteiger partial charge in [-0.2, -0.15) is 0 Å². The predicted molar refractivity (Wildman–Crippen MR) is 82.9 cm³/mol. The third-order valence-corrected chi connectivity index (χ3v) is 3.63. The molecule has 0 aromatic heterocycles. The Hall–Kier alpha value is -1.84. The predicted octanol–water partition coefficient (Wildman–Crippen LogP) is 2.31. The summed E-state index contributed by atoms with van der Waals surface area (Å²) in [6.45, 7) is 0.542. The van der Waals surface area contributed by atoms with Crippen LogP contribution < -0.4 is 16.2 Å². The minimum absolute atomic E-state index is 0.01000. The zero-order valence-corrected chi connectivity index (χ0v) is 11.8. The van der Waals surface area contributed by atoms with E-state index in [0.29, 0.717) is 6.54 Å². The van der Waals surface area contributed by atoms with E-state index in [0.717, 1.165) is 17.7 Å². The van der Waals surface area contributed by atoms with E-state index in [9.17, 15) is 0 Å². The van der Waals surface area contributed by atoms with Crippen molar-refractivity contribution >= 4 is 0 Å². The van der Waals surface area contributed by atoms with Crippen LogP contribution in [0.4, 0.5) is 0 Å². The molecule has 0 aliphatic carbocycles. The summed E-state index contributed by atoms with van der Waals surface area (Å²) in [5.41, 5.74) is 14.7. The van der Waals surface area contributed by atoms with Crippen molar-refractivity contribution in [3.8, 4) is 5.75 Å². The number of benzene rings is 2. The Bertz CT molecular complexity index is 510. The van der Waals surface area contributed by atoms with Crippen molar-refractivity contribution in [2.75, 3.05) is 13.7 Å². The standard InChI is InChI=1S/C17H22N2O/c1-20-15-9-7-14(8-10-15)16(12-18)17(19)11-13-5-3-2-4-6-13/h2-10,16-17H,11-12,18-19H2,1H3. The summed E-state index contributed by atoms with van der Waals surface area (Å²) in [6.07, 6.45) is 0.828. The number of rotatable bonds is 6. The first-order chi connectivity index (χ1) is 9.74. The molecule has 0 amide bonds. The minimum Gasteiger partial charge on any atom is -0.497 e. The van der Waals surface area contributed by atoms with Crippen molar-refractivity contribution in [3.05, 3.63) is 65.7 Å². The third kappa shape index (κ3) is 3.59. The van der Waals surface area contributed by atoms with Gasteiger partial charge in [0.05, 0.1) is 7.11 Å². The Balaban J connectivity index is 2.10. The zero-order chi connectivity index (χ0) is 14.4. The summed E-state index contributed by atoms with van der Waals surface area (Å²) >= 11 is 0. The molecule has 20 heavy (non-hydrogen) atoms. The Labute approximate surface area is 120 Å². The van der Waals surface area contributed by atoms with Gasteiger partial charge in [0.25, 0.3) is 0 Å². The summed E-state index contributed by atoms with van der Waals surface area (Å²) < 4.78 is 5.18. The molecule has 0 aliphatic heterocycles. The Kier molecular flexibility index (Phi) is 5.16. The highest BCUT2D eigenvalue weighted by Crippen LogP contribution is 2.22. The van der Waals surface area contributed by atoms with Crippen LogP contribution in [0, 0.1) is 0 Å². The number of ether oxygens (including phenoxy) is 1. The fourth-order valence-corrected chi connectivity index (χ4v) is 2.44. The van der Waals surface area contributed by atoms with Gasteiger partial charge in [0.1, 0.15) is 5.75 Å². The topological polar surface area (TPSA) is 61.3 Å². The summed E-state index contributed by atoms with van der Waals surface area (Å²) in [5.74, 6) is 1.00. The summed E-state index contributed by atoms with van der Waals surface area (Å²) in [7, 11) is 1.66. The first kappa shape index (κ1) is 14.6. The van der Waals surface area contributed by atoms with E-state index in [-0.39, 0.29) is 12.0 Å². The highest BCUT2D eigenvalue weighted by atomic mass is 16.5. The molecule has 0 bridgehead atoms. The molecule has 3 nitrogen and oxygen atoms in total. The maximum absolute atomic E-state index is 6.35. The fourth-order valence-electron chi connectivity index (χ4n) is 2.44. The summed E-state index contributed by atoms with van der Waals surface area (Å²) in [4.78, 5) is 0. The molecule has 106 valence electrons. The van der Waals surface area contributed by atoms with Crippen molar-refractivity contribution in [3.63, 3.8) is 0 Å². The Morgan fingerprint density at radius 3 is 2.20 bits per heavy atom. The molecule has 2 rings (SSSR count). The van der Waals surface area contributed by atoms with Crippen LogP contribution in [0.3, 0.4) is 0 Å². The van der Waals surface area contributed by atoms with Gasteiger partial charge < -0.3 is 16.2 Å². The average molecular weight is 270 g/mol. The molecule has 0 fully saturated rings. The number of hydrogen-bond donors (Lipinski definition) is 2. The van der Waals surface area contributed by atoms with Gasteiger partial charge in [0, 0.05) is 18.5 Å². The number of methoxy groups -OCH3 is 1. The molecule has 2 unspecified atom stereocenters. The van der Waals surface area contributed by atoms with E-state index in [1.54, 1.807) is 7.11 Å². The summed E-state index contributed by atoms with van der Waals surface area (Å²) in [5, 5.41) is 0. The second kappa shape index (κ2) is 7.08. The van der Waals surface area contributed by atoms with Gasteiger partial charge in [-0.15, -0.1) is 0 Å². The molecule has 2 aromatic carbocycles. The van der Waals surface area contributed by atoms with E-state index < -0.39 is 0 Å². The molecule has 0 saturated heterocycles. The van der Waals surface area contributed by atoms with Crippen LogP contribution in [-0.2, 0) is 6.42 Å². The van der Waals surface area contributed by atoms with Crippen molar-refractivity contribution in [2.45, 2.75) is 18.4 Å². The number of nitrogens with two attached hydrogens (primary N) is 2. The highest BCUT2D eigenvalue weighted by molar-refractivity contribution is 5.31. The molecular formula is C17H22N2O. The smallest absolute Gasteiger partial charge is 0.118 e. The molecule has 0 spiro atoms. The van der Waals surface area contributed by atoms with Gasteiger partial charge in [-0.25, -0.2) is 0 Å². The van der Waals surface area contributed by atoms with Crippen LogP contribution in [0.1, 0.15) is 17.0 Å². The molecular weight excluding hydrogens is 248 g/mol. The third-order valence-electron chi connectivity index (χ3n) is 3.63. The van der Waals surface area contributed by atoms with E-state index in [2.05, 4.69) is 12.1 Å². The van der Waals surface area contributed by atoms with E-state index >= 15 is 0 Å². The van der Waals surface area contributed by atoms with E-state index in [1.807, 2.05) is 42.5 Å². The van der Waals surface area contributed by atoms with Crippen LogP contribution in [0.2, 0.25) is 0 Å². The van der Waals surface area contributed by atoms with Gasteiger partial charge in [0.15, 0.2) is 0 Å². The van der Waals surface area contributed by atoms with Crippen LogP contribution in [-0.4, -0.2) is 19.7 Å². The van der Waals surface area contributed by atoms with Crippen molar-refractivity contribution in [1.29, 1.82) is 0 Å². The molecule has 2 atom stereocenters. The van der Waals surface area contributed by atoms with Crippen molar-refractivity contribution in [2.24, 2.45) is 11.5 Å². The lowest BCUT2D eigenvalue weighted by Crippen LogP contribution is -2.35. The largest absolute Gasteiger partial charge is 0.497 e. The molecule has 2 aromatic rings. The fraction of sp³-hybridized carbons (Fsp3) is 0.294. The normalized spacial score (nSPS) is 13.8. The highest BCUT2D eigenvalue weighted by Gasteiger charge is 2.18. The quantitative estimate of drug-likeness (QED) is 0.846.